The van der Waals surface area contributed by atoms with Crippen molar-refractivity contribution in [2.75, 3.05) is 7.11 Å². The number of hydrogen-bond donors (Lipinski definition) is 3. The number of allylic oxidation sites excluding steroid dienone is 4. The first-order valence-electron chi connectivity index (χ1n) is 9.41. The van der Waals surface area contributed by atoms with Gasteiger partial charge in [0.25, 0.3) is 0 Å². The quantitative estimate of drug-likeness (QED) is 0.450. The number of phenols is 3. The summed E-state index contributed by atoms with van der Waals surface area (Å²) in [4.78, 5) is 13.1. The lowest BCUT2D eigenvalue weighted by molar-refractivity contribution is 0.103. The fourth-order valence-corrected chi connectivity index (χ4v) is 3.06. The number of ketones is 1. The first-order valence-corrected chi connectivity index (χ1v) is 9.41. The molecule has 2 rings (SSSR count). The largest absolute Gasteiger partial charge is 0.508 e. The van der Waals surface area contributed by atoms with Crippen LogP contribution in [-0.2, 0) is 12.8 Å². The first-order chi connectivity index (χ1) is 13.7. The Morgan fingerprint density at radius 2 is 1.45 bits per heavy atom. The molecule has 0 saturated heterocycles. The van der Waals surface area contributed by atoms with Gasteiger partial charge in [-0.15, -0.1) is 0 Å². The molecule has 0 saturated carbocycles. The molecule has 0 aliphatic carbocycles. The molecule has 0 aliphatic rings. The third kappa shape index (κ3) is 4.99. The van der Waals surface area contributed by atoms with E-state index in [0.29, 0.717) is 29.7 Å². The van der Waals surface area contributed by atoms with Gasteiger partial charge in [-0.25, -0.2) is 0 Å². The molecule has 5 nitrogen and oxygen atoms in total. The fraction of sp³-hybridized carbons (Fsp3) is 0.292. The summed E-state index contributed by atoms with van der Waals surface area (Å²) >= 11 is 0. The monoisotopic (exact) mass is 396 g/mol. The van der Waals surface area contributed by atoms with Gasteiger partial charge in [0.2, 0.25) is 5.78 Å². The smallest absolute Gasteiger partial charge is 0.200 e. The van der Waals surface area contributed by atoms with Crippen molar-refractivity contribution in [1.82, 2.24) is 0 Å². The highest BCUT2D eigenvalue weighted by molar-refractivity contribution is 6.13. The Morgan fingerprint density at radius 3 is 1.86 bits per heavy atom. The molecule has 0 spiro atoms. The number of aromatic hydroxyl groups is 3. The third-order valence-corrected chi connectivity index (χ3v) is 4.56. The molecule has 0 fully saturated rings. The van der Waals surface area contributed by atoms with Gasteiger partial charge in [-0.05, 0) is 52.7 Å². The Balaban J connectivity index is 2.79. The predicted molar refractivity (Wildman–Crippen MR) is 114 cm³/mol. The summed E-state index contributed by atoms with van der Waals surface area (Å²) in [6, 6.07) is 5.81. The van der Waals surface area contributed by atoms with Crippen LogP contribution in [0.1, 0.15) is 54.7 Å². The summed E-state index contributed by atoms with van der Waals surface area (Å²) < 4.78 is 5.53. The minimum absolute atomic E-state index is 0.0714. The van der Waals surface area contributed by atoms with Crippen LogP contribution >= 0.6 is 0 Å². The zero-order chi connectivity index (χ0) is 21.7. The topological polar surface area (TPSA) is 87.0 Å². The van der Waals surface area contributed by atoms with Crippen molar-refractivity contribution in [3.63, 3.8) is 0 Å². The van der Waals surface area contributed by atoms with Crippen molar-refractivity contribution in [3.8, 4) is 23.0 Å². The molecule has 0 unspecified atom stereocenters. The molecule has 2 aromatic rings. The molecule has 0 atom stereocenters. The summed E-state index contributed by atoms with van der Waals surface area (Å²) in [6.07, 6.45) is 4.53. The van der Waals surface area contributed by atoms with Crippen LogP contribution < -0.4 is 4.74 Å². The molecule has 2 aromatic carbocycles. The Hall–Kier alpha value is -3.21. The molecule has 0 heterocycles. The van der Waals surface area contributed by atoms with Gasteiger partial charge in [-0.3, -0.25) is 4.79 Å². The first kappa shape index (κ1) is 22.1. The Bertz CT molecular complexity index is 928. The average Bonchev–Trinajstić information content (AvgIpc) is 2.65. The zero-order valence-electron chi connectivity index (χ0n) is 17.5. The normalized spacial score (nSPS) is 10.4. The van der Waals surface area contributed by atoms with Crippen LogP contribution in [0.3, 0.4) is 0 Å². The average molecular weight is 396 g/mol. The predicted octanol–water partition coefficient (Wildman–Crippen LogP) is 5.06. The number of rotatable bonds is 7. The second kappa shape index (κ2) is 9.32. The van der Waals surface area contributed by atoms with Gasteiger partial charge in [-0.2, -0.15) is 0 Å². The lowest BCUT2D eigenvalue weighted by Crippen LogP contribution is -2.08. The van der Waals surface area contributed by atoms with Crippen molar-refractivity contribution in [2.24, 2.45) is 0 Å². The van der Waals surface area contributed by atoms with Gasteiger partial charge in [0, 0.05) is 16.7 Å². The Morgan fingerprint density at radius 1 is 0.931 bits per heavy atom. The van der Waals surface area contributed by atoms with E-state index in [1.54, 1.807) is 0 Å². The van der Waals surface area contributed by atoms with Crippen LogP contribution in [0, 0.1) is 0 Å². The van der Waals surface area contributed by atoms with Gasteiger partial charge in [0.05, 0.1) is 7.11 Å². The molecule has 0 amide bonds. The highest BCUT2D eigenvalue weighted by Crippen LogP contribution is 2.44. The molecule has 29 heavy (non-hydrogen) atoms. The molecule has 154 valence electrons. The Kier molecular flexibility index (Phi) is 7.10. The van der Waals surface area contributed by atoms with E-state index >= 15 is 0 Å². The van der Waals surface area contributed by atoms with Crippen LogP contribution in [0.15, 0.2) is 47.6 Å². The van der Waals surface area contributed by atoms with Crippen LogP contribution in [-0.4, -0.2) is 28.2 Å². The molecule has 0 radical (unpaired) electrons. The van der Waals surface area contributed by atoms with Crippen molar-refractivity contribution < 1.29 is 24.9 Å². The van der Waals surface area contributed by atoms with Crippen LogP contribution in [0.4, 0.5) is 0 Å². The Labute approximate surface area is 171 Å². The van der Waals surface area contributed by atoms with E-state index in [4.69, 9.17) is 4.74 Å². The van der Waals surface area contributed by atoms with E-state index in [1.807, 2.05) is 39.8 Å². The van der Waals surface area contributed by atoms with E-state index < -0.39 is 5.78 Å². The molecule has 3 N–H and O–H groups in total. The molecule has 5 heteroatoms. The number of methoxy groups -OCH3 is 1. The maximum absolute atomic E-state index is 13.1. The van der Waals surface area contributed by atoms with E-state index in [9.17, 15) is 20.1 Å². The summed E-state index contributed by atoms with van der Waals surface area (Å²) in [5.74, 6) is -0.909. The second-order valence-corrected chi connectivity index (χ2v) is 7.41. The number of phenolic OH excluding ortho intramolecular Hbond substituents is 3. The van der Waals surface area contributed by atoms with Crippen molar-refractivity contribution >= 4 is 5.78 Å². The SMILES string of the molecule is COc1c(CC=C(C)C)c(O)c(C(=O)c2cccc(O)c2)c(O)c1CC=C(C)C. The molecular formula is C24H28O5. The molecule has 0 aromatic heterocycles. The van der Waals surface area contributed by atoms with Crippen LogP contribution in [0.5, 0.6) is 23.0 Å². The van der Waals surface area contributed by atoms with Gasteiger partial charge in [0.1, 0.15) is 28.6 Å². The summed E-state index contributed by atoms with van der Waals surface area (Å²) in [6.45, 7) is 7.75. The fourth-order valence-electron chi connectivity index (χ4n) is 3.06. The van der Waals surface area contributed by atoms with Gasteiger partial charge < -0.3 is 20.1 Å². The number of carbonyl (C=O) groups excluding carboxylic acids is 1. The molecule has 0 aliphatic heterocycles. The number of benzene rings is 2. The van der Waals surface area contributed by atoms with Crippen molar-refractivity contribution in [2.45, 2.75) is 40.5 Å². The highest BCUT2D eigenvalue weighted by atomic mass is 16.5. The molecular weight excluding hydrogens is 368 g/mol. The number of ether oxygens (including phenoxy) is 1. The summed E-state index contributed by atoms with van der Waals surface area (Å²) in [7, 11) is 1.48. The van der Waals surface area contributed by atoms with E-state index in [1.165, 1.54) is 31.4 Å². The number of hydrogen-bond acceptors (Lipinski definition) is 5. The van der Waals surface area contributed by atoms with Crippen molar-refractivity contribution in [3.05, 3.63) is 69.8 Å². The van der Waals surface area contributed by atoms with E-state index in [2.05, 4.69) is 0 Å². The standard InChI is InChI=1S/C24H28O5/c1-14(2)9-11-18-22(27)20(21(26)16-7-6-8-17(25)13-16)23(28)19(24(18)29-5)12-10-15(3)4/h6-10,13,25,27-28H,11-12H2,1-5H3. The van der Waals surface area contributed by atoms with Crippen LogP contribution in [0.2, 0.25) is 0 Å². The van der Waals surface area contributed by atoms with Crippen LogP contribution in [0.25, 0.3) is 0 Å². The third-order valence-electron chi connectivity index (χ3n) is 4.56. The minimum atomic E-state index is -0.574. The lowest BCUT2D eigenvalue weighted by atomic mass is 9.91. The van der Waals surface area contributed by atoms with Gasteiger partial charge >= 0.3 is 0 Å². The lowest BCUT2D eigenvalue weighted by Gasteiger charge is -2.19. The highest BCUT2D eigenvalue weighted by Gasteiger charge is 2.28. The van der Waals surface area contributed by atoms with Gasteiger partial charge in [0.15, 0.2) is 0 Å². The van der Waals surface area contributed by atoms with E-state index in [0.717, 1.165) is 11.1 Å². The summed E-state index contributed by atoms with van der Waals surface area (Å²) in [5.41, 5.74) is 2.95. The number of carbonyl (C=O) groups is 1. The second-order valence-electron chi connectivity index (χ2n) is 7.41. The van der Waals surface area contributed by atoms with Crippen molar-refractivity contribution in [1.29, 1.82) is 0 Å². The summed E-state index contributed by atoms with van der Waals surface area (Å²) in [5, 5.41) is 31.6. The molecule has 0 bridgehead atoms. The van der Waals surface area contributed by atoms with E-state index in [-0.39, 0.29) is 28.4 Å². The van der Waals surface area contributed by atoms with Gasteiger partial charge in [-0.1, -0.05) is 35.4 Å². The maximum atomic E-state index is 13.1. The zero-order valence-corrected chi connectivity index (χ0v) is 17.5. The maximum Gasteiger partial charge on any atom is 0.200 e. The minimum Gasteiger partial charge on any atom is -0.508 e.